The van der Waals surface area contributed by atoms with E-state index in [4.69, 9.17) is 19.4 Å². The molecule has 0 spiro atoms. The number of ether oxygens (including phenoxy) is 1. The first kappa shape index (κ1) is 26.0. The smallest absolute Gasteiger partial charge is 0.390 e. The van der Waals surface area contributed by atoms with E-state index in [1.165, 1.54) is 12.3 Å². The first-order valence-corrected chi connectivity index (χ1v) is 12.7. The predicted octanol–water partition coefficient (Wildman–Crippen LogP) is -0.439. The number of hydrogen-bond donors (Lipinski definition) is 6. The van der Waals surface area contributed by atoms with Crippen LogP contribution >= 0.6 is 23.5 Å². The first-order chi connectivity index (χ1) is 14.1. The van der Waals surface area contributed by atoms with E-state index in [1.54, 1.807) is 13.0 Å². The third-order valence-electron chi connectivity index (χ3n) is 3.67. The van der Waals surface area contributed by atoms with Gasteiger partial charge in [0.1, 0.15) is 12.3 Å². The lowest BCUT2D eigenvalue weighted by Gasteiger charge is -2.19. The number of nitrogens with zero attached hydrogens (tertiary/aromatic N) is 1. The quantitative estimate of drug-likeness (QED) is 0.232. The van der Waals surface area contributed by atoms with Gasteiger partial charge in [-0.25, -0.2) is 18.5 Å². The van der Waals surface area contributed by atoms with Crippen LogP contribution < -0.4 is 11.2 Å². The highest BCUT2D eigenvalue weighted by Crippen LogP contribution is 2.66. The molecule has 1 aromatic rings. The highest BCUT2D eigenvalue weighted by molar-refractivity contribution is 7.66. The third-order valence-corrected chi connectivity index (χ3v) is 7.48. The van der Waals surface area contributed by atoms with Gasteiger partial charge in [-0.1, -0.05) is 12.2 Å². The van der Waals surface area contributed by atoms with Crippen molar-refractivity contribution in [1.82, 2.24) is 9.55 Å². The zero-order chi connectivity index (χ0) is 23.6. The summed E-state index contributed by atoms with van der Waals surface area (Å²) < 4.78 is 51.5. The second-order valence-electron chi connectivity index (χ2n) is 6.07. The molecule has 16 nitrogen and oxygen atoms in total. The standard InChI is InChI=1S/C12H19N2O14P3/c1-2-3-7-5-14(12(17)13-11(7)16)10-4-8(15)9(26-10)6-25-30(21,22)28-31(23,24)27-29(18,19)20/h2-3,5,8-10,15H,4,6H2,1H3,(H,21,22)(H,23,24)(H,13,16,17)(H2,18,19,20)/b3-2+/t8?,9-,10-/m1/s1. The Hall–Kier alpha value is -1.25. The number of aromatic nitrogens is 2. The van der Waals surface area contributed by atoms with E-state index in [9.17, 15) is 33.3 Å². The number of nitrogens with one attached hydrogen (secondary N) is 1. The lowest BCUT2D eigenvalue weighted by molar-refractivity contribution is -0.0450. The SMILES string of the molecule is C/C=C/c1cn([C@H]2CC(O)[C@@H](COP(=O)(O)OP(=O)(O)OP(=O)(O)O)O2)c(=O)[nH]c1=O. The Kier molecular flexibility index (Phi) is 8.15. The first-order valence-electron chi connectivity index (χ1n) is 8.22. The van der Waals surface area contributed by atoms with Crippen LogP contribution in [0.5, 0.6) is 0 Å². The van der Waals surface area contributed by atoms with Crippen LogP contribution in [0.4, 0.5) is 0 Å². The van der Waals surface area contributed by atoms with Gasteiger partial charge < -0.3 is 29.4 Å². The van der Waals surface area contributed by atoms with Gasteiger partial charge in [0.15, 0.2) is 0 Å². The number of H-pyrrole nitrogens is 1. The maximum absolute atomic E-state index is 12.0. The van der Waals surface area contributed by atoms with Gasteiger partial charge in [0.2, 0.25) is 0 Å². The van der Waals surface area contributed by atoms with Gasteiger partial charge in [-0.15, -0.1) is 0 Å². The van der Waals surface area contributed by atoms with E-state index in [-0.39, 0.29) is 12.0 Å². The molecule has 31 heavy (non-hydrogen) atoms. The summed E-state index contributed by atoms with van der Waals surface area (Å²) in [6.07, 6.45) is 0.218. The summed E-state index contributed by atoms with van der Waals surface area (Å²) in [5, 5.41) is 10.1. The predicted molar refractivity (Wildman–Crippen MR) is 100 cm³/mol. The molecule has 5 atom stereocenters. The molecule has 6 N–H and O–H groups in total. The van der Waals surface area contributed by atoms with E-state index in [0.717, 1.165) is 4.57 Å². The number of phosphoric ester groups is 1. The third kappa shape index (κ3) is 7.68. The molecular formula is C12H19N2O14P3. The van der Waals surface area contributed by atoms with Crippen molar-refractivity contribution in [1.29, 1.82) is 0 Å². The van der Waals surface area contributed by atoms with Gasteiger partial charge in [0.25, 0.3) is 5.56 Å². The summed E-state index contributed by atoms with van der Waals surface area (Å²) >= 11 is 0. The average Bonchev–Trinajstić information content (AvgIpc) is 2.93. The normalized spacial score (nSPS) is 26.1. The summed E-state index contributed by atoms with van der Waals surface area (Å²) in [7, 11) is -16.6. The molecule has 0 bridgehead atoms. The van der Waals surface area contributed by atoms with Crippen molar-refractivity contribution in [3.8, 4) is 0 Å². The molecule has 3 unspecified atom stereocenters. The highest BCUT2D eigenvalue weighted by atomic mass is 31.3. The van der Waals surface area contributed by atoms with Gasteiger partial charge in [0.05, 0.1) is 18.3 Å². The second-order valence-corrected chi connectivity index (χ2v) is 10.5. The van der Waals surface area contributed by atoms with Crippen molar-refractivity contribution >= 4 is 29.5 Å². The Balaban J connectivity index is 2.07. The second kappa shape index (κ2) is 9.71. The molecule has 1 aliphatic heterocycles. The maximum atomic E-state index is 12.0. The molecule has 19 heteroatoms. The Morgan fingerprint density at radius 2 is 1.84 bits per heavy atom. The molecule has 0 aromatic carbocycles. The van der Waals surface area contributed by atoms with Crippen molar-refractivity contribution < 1.29 is 56.3 Å². The van der Waals surface area contributed by atoms with Gasteiger partial charge >= 0.3 is 29.2 Å². The number of aliphatic hydroxyl groups is 1. The molecule has 1 fully saturated rings. The number of allylic oxidation sites excluding steroid dienone is 1. The van der Waals surface area contributed by atoms with Crippen molar-refractivity contribution in [2.75, 3.05) is 6.61 Å². The van der Waals surface area contributed by atoms with Crippen LogP contribution in [0.2, 0.25) is 0 Å². The van der Waals surface area contributed by atoms with Gasteiger partial charge in [-0.2, -0.15) is 8.62 Å². The summed E-state index contributed by atoms with van der Waals surface area (Å²) in [4.78, 5) is 61.3. The Bertz CT molecular complexity index is 1090. The Morgan fingerprint density at radius 3 is 2.42 bits per heavy atom. The van der Waals surface area contributed by atoms with E-state index in [2.05, 4.69) is 18.1 Å². The summed E-state index contributed by atoms with van der Waals surface area (Å²) in [6.45, 7) is 0.755. The number of aromatic amines is 1. The average molecular weight is 508 g/mol. The van der Waals surface area contributed by atoms with Gasteiger partial charge in [0, 0.05) is 12.6 Å². The summed E-state index contributed by atoms with van der Waals surface area (Å²) in [5.74, 6) is 0. The van der Waals surface area contributed by atoms with Crippen LogP contribution in [-0.4, -0.2) is 53.0 Å². The van der Waals surface area contributed by atoms with Crippen molar-refractivity contribution in [3.63, 3.8) is 0 Å². The van der Waals surface area contributed by atoms with Crippen molar-refractivity contribution in [2.45, 2.75) is 31.8 Å². The van der Waals surface area contributed by atoms with E-state index in [0.29, 0.717) is 0 Å². The molecule has 1 aliphatic rings. The highest BCUT2D eigenvalue weighted by Gasteiger charge is 2.42. The van der Waals surface area contributed by atoms with E-state index < -0.39 is 59.8 Å². The molecule has 0 saturated carbocycles. The fourth-order valence-electron chi connectivity index (χ4n) is 2.52. The minimum Gasteiger partial charge on any atom is -0.390 e. The molecule has 0 amide bonds. The fraction of sp³-hybridized carbons (Fsp3) is 0.500. The molecule has 2 rings (SSSR count). The van der Waals surface area contributed by atoms with E-state index in [1.807, 2.05) is 0 Å². The molecule has 176 valence electrons. The number of hydrogen-bond acceptors (Lipinski definition) is 10. The molecule has 1 saturated heterocycles. The van der Waals surface area contributed by atoms with Gasteiger partial charge in [-0.3, -0.25) is 18.9 Å². The maximum Gasteiger partial charge on any atom is 0.490 e. The number of aliphatic hydroxyl groups excluding tert-OH is 1. The molecule has 0 aliphatic carbocycles. The monoisotopic (exact) mass is 508 g/mol. The largest absolute Gasteiger partial charge is 0.490 e. The lowest BCUT2D eigenvalue weighted by atomic mass is 10.2. The van der Waals surface area contributed by atoms with E-state index >= 15 is 0 Å². The molecule has 2 heterocycles. The van der Waals surface area contributed by atoms with Crippen LogP contribution in [0.15, 0.2) is 21.9 Å². The number of rotatable bonds is 9. The summed E-state index contributed by atoms with van der Waals surface area (Å²) in [5.41, 5.74) is -1.37. The van der Waals surface area contributed by atoms with Crippen LogP contribution in [0.1, 0.15) is 25.1 Å². The minimum atomic E-state index is -5.69. The Morgan fingerprint density at radius 1 is 1.19 bits per heavy atom. The lowest BCUT2D eigenvalue weighted by Crippen LogP contribution is -2.33. The van der Waals surface area contributed by atoms with Gasteiger partial charge in [-0.05, 0) is 6.92 Å². The molecule has 1 aromatic heterocycles. The van der Waals surface area contributed by atoms with Crippen LogP contribution in [0.25, 0.3) is 6.08 Å². The minimum absolute atomic E-state index is 0.122. The topological polar surface area (TPSA) is 244 Å². The Labute approximate surface area is 173 Å². The summed E-state index contributed by atoms with van der Waals surface area (Å²) in [6, 6.07) is 0. The van der Waals surface area contributed by atoms with Crippen molar-refractivity contribution in [2.24, 2.45) is 0 Å². The van der Waals surface area contributed by atoms with Crippen LogP contribution in [-0.2, 0) is 31.6 Å². The number of phosphoric acid groups is 3. The zero-order valence-electron chi connectivity index (χ0n) is 15.6. The molecule has 0 radical (unpaired) electrons. The fourth-order valence-corrected chi connectivity index (χ4v) is 5.55. The van der Waals surface area contributed by atoms with Crippen LogP contribution in [0, 0.1) is 0 Å². The molecular weight excluding hydrogens is 489 g/mol. The zero-order valence-corrected chi connectivity index (χ0v) is 18.3. The van der Waals surface area contributed by atoms with Crippen molar-refractivity contribution in [3.05, 3.63) is 38.7 Å². The van der Waals surface area contributed by atoms with Crippen LogP contribution in [0.3, 0.4) is 0 Å².